The Balaban J connectivity index is 1.33. The van der Waals surface area contributed by atoms with Gasteiger partial charge in [-0.15, -0.1) is 0 Å². The van der Waals surface area contributed by atoms with E-state index in [4.69, 9.17) is 4.42 Å². The Morgan fingerprint density at radius 3 is 2.69 bits per heavy atom. The molecule has 1 saturated heterocycles. The number of hydrogen-bond acceptors (Lipinski definition) is 4. The Morgan fingerprint density at radius 2 is 1.86 bits per heavy atom. The summed E-state index contributed by atoms with van der Waals surface area (Å²) in [4.78, 5) is 15.6. The van der Waals surface area contributed by atoms with E-state index in [0.717, 1.165) is 60.7 Å². The van der Waals surface area contributed by atoms with Gasteiger partial charge in [-0.3, -0.25) is 4.79 Å². The maximum absolute atomic E-state index is 13.1. The van der Waals surface area contributed by atoms with Gasteiger partial charge in [0.05, 0.1) is 11.6 Å². The number of likely N-dealkylation sites (tertiary alicyclic amines) is 1. The molecule has 1 aromatic heterocycles. The summed E-state index contributed by atoms with van der Waals surface area (Å²) in [5.41, 5.74) is 7.45. The lowest BCUT2D eigenvalue weighted by Gasteiger charge is -2.18. The van der Waals surface area contributed by atoms with Crippen LogP contribution in [-0.4, -0.2) is 30.4 Å². The van der Waals surface area contributed by atoms with Gasteiger partial charge < -0.3 is 20.0 Å². The van der Waals surface area contributed by atoms with E-state index in [0.29, 0.717) is 5.57 Å². The Labute approximate surface area is 213 Å². The third-order valence-corrected chi connectivity index (χ3v) is 7.89. The maximum atomic E-state index is 13.1. The van der Waals surface area contributed by atoms with Crippen LogP contribution in [0.2, 0.25) is 0 Å². The number of nitrogens with zero attached hydrogens (tertiary/aromatic N) is 1. The van der Waals surface area contributed by atoms with Crippen LogP contribution < -0.4 is 10.6 Å². The van der Waals surface area contributed by atoms with Crippen molar-refractivity contribution in [1.82, 2.24) is 4.90 Å². The number of hydrogen-bond donors (Lipinski definition) is 2. The Kier molecular flexibility index (Phi) is 6.41. The summed E-state index contributed by atoms with van der Waals surface area (Å²) in [6.45, 7) is 5.68. The normalized spacial score (nSPS) is 19.2. The number of carbonyl (C=O) groups excluding carboxylic acids is 1. The number of furan rings is 1. The highest BCUT2D eigenvalue weighted by molar-refractivity contribution is 6.34. The SMILES string of the molecule is CC(Nc1ccccc1)c1c(C=C2C(=O)Nc3ccc(CCN4CCCC4)cc32)oc2c1CCCC2. The quantitative estimate of drug-likeness (QED) is 0.380. The summed E-state index contributed by atoms with van der Waals surface area (Å²) in [6, 6.07) is 16.8. The number of rotatable bonds is 7. The van der Waals surface area contributed by atoms with Crippen molar-refractivity contribution >= 4 is 28.9 Å². The van der Waals surface area contributed by atoms with E-state index >= 15 is 0 Å². The highest BCUT2D eigenvalue weighted by Crippen LogP contribution is 2.39. The fraction of sp³-hybridized carbons (Fsp3) is 0.387. The van der Waals surface area contributed by atoms with Crippen molar-refractivity contribution in [3.05, 3.63) is 82.3 Å². The average molecular weight is 482 g/mol. The van der Waals surface area contributed by atoms with Crippen molar-refractivity contribution in [3.8, 4) is 0 Å². The number of anilines is 2. The number of aryl methyl sites for hydroxylation is 1. The molecule has 3 aliphatic rings. The number of fused-ring (bicyclic) bond motifs is 2. The van der Waals surface area contributed by atoms with Gasteiger partial charge in [0.1, 0.15) is 11.5 Å². The lowest BCUT2D eigenvalue weighted by atomic mass is 9.91. The molecular formula is C31H35N3O2. The molecule has 5 heteroatoms. The molecule has 36 heavy (non-hydrogen) atoms. The third-order valence-electron chi connectivity index (χ3n) is 7.89. The van der Waals surface area contributed by atoms with Crippen molar-refractivity contribution in [3.63, 3.8) is 0 Å². The Hall–Kier alpha value is -3.31. The zero-order valence-corrected chi connectivity index (χ0v) is 21.1. The first-order chi connectivity index (χ1) is 17.7. The van der Waals surface area contributed by atoms with Gasteiger partial charge in [-0.2, -0.15) is 0 Å². The summed E-state index contributed by atoms with van der Waals surface area (Å²) in [5.74, 6) is 1.85. The van der Waals surface area contributed by atoms with Gasteiger partial charge in [-0.1, -0.05) is 24.3 Å². The summed E-state index contributed by atoms with van der Waals surface area (Å²) in [7, 11) is 0. The molecule has 1 aliphatic carbocycles. The molecule has 5 nitrogen and oxygen atoms in total. The maximum Gasteiger partial charge on any atom is 0.256 e. The molecule has 0 bridgehead atoms. The summed E-state index contributed by atoms with van der Waals surface area (Å²) in [6.07, 6.45) is 9.94. The van der Waals surface area contributed by atoms with Crippen molar-refractivity contribution < 1.29 is 9.21 Å². The molecule has 186 valence electrons. The minimum absolute atomic E-state index is 0.0503. The molecule has 1 atom stereocenters. The zero-order valence-electron chi connectivity index (χ0n) is 21.1. The third kappa shape index (κ3) is 4.60. The zero-order chi connectivity index (χ0) is 24.5. The van der Waals surface area contributed by atoms with Crippen LogP contribution in [0, 0.1) is 0 Å². The topological polar surface area (TPSA) is 57.5 Å². The van der Waals surface area contributed by atoms with Crippen LogP contribution in [0.4, 0.5) is 11.4 Å². The summed E-state index contributed by atoms with van der Waals surface area (Å²) < 4.78 is 6.46. The summed E-state index contributed by atoms with van der Waals surface area (Å²) >= 11 is 0. The van der Waals surface area contributed by atoms with E-state index in [2.05, 4.69) is 52.8 Å². The second-order valence-corrected chi connectivity index (χ2v) is 10.4. The van der Waals surface area contributed by atoms with E-state index in [1.807, 2.05) is 24.3 Å². The molecule has 0 spiro atoms. The fourth-order valence-corrected chi connectivity index (χ4v) is 6.01. The monoisotopic (exact) mass is 481 g/mol. The number of carbonyl (C=O) groups is 1. The molecule has 3 aromatic rings. The van der Waals surface area contributed by atoms with Gasteiger partial charge in [0, 0.05) is 35.5 Å². The number of para-hydroxylation sites is 1. The smallest absolute Gasteiger partial charge is 0.256 e. The predicted molar refractivity (Wildman–Crippen MR) is 146 cm³/mol. The van der Waals surface area contributed by atoms with Crippen LogP contribution in [0.25, 0.3) is 11.6 Å². The lowest BCUT2D eigenvalue weighted by Crippen LogP contribution is -2.21. The first-order valence-corrected chi connectivity index (χ1v) is 13.5. The molecule has 2 aromatic carbocycles. The molecule has 0 saturated carbocycles. The Bertz CT molecular complexity index is 1280. The standard InChI is InChI=1S/C31H35N3O2/c1-21(32-23-9-3-2-4-10-23)30-24-11-5-6-12-28(24)36-29(30)20-26-25-19-22(13-14-27(25)33-31(26)35)15-18-34-16-7-8-17-34/h2-4,9-10,13-14,19-21,32H,5-8,11-12,15-18H2,1H3,(H,33,35). The molecule has 3 heterocycles. The Morgan fingerprint density at radius 1 is 1.06 bits per heavy atom. The number of nitrogens with one attached hydrogen (secondary N) is 2. The van der Waals surface area contributed by atoms with E-state index < -0.39 is 0 Å². The van der Waals surface area contributed by atoms with E-state index in [1.165, 1.54) is 49.0 Å². The first-order valence-electron chi connectivity index (χ1n) is 13.5. The van der Waals surface area contributed by atoms with Crippen molar-refractivity contribution in [2.24, 2.45) is 0 Å². The number of amides is 1. The van der Waals surface area contributed by atoms with Gasteiger partial charge in [0.2, 0.25) is 0 Å². The first kappa shape index (κ1) is 23.1. The van der Waals surface area contributed by atoms with Gasteiger partial charge in [0.15, 0.2) is 0 Å². The van der Waals surface area contributed by atoms with Gasteiger partial charge in [-0.25, -0.2) is 0 Å². The second-order valence-electron chi connectivity index (χ2n) is 10.4. The molecule has 2 N–H and O–H groups in total. The predicted octanol–water partition coefficient (Wildman–Crippen LogP) is 6.46. The molecule has 2 aliphatic heterocycles. The second kappa shape index (κ2) is 9.98. The van der Waals surface area contributed by atoms with E-state index in [1.54, 1.807) is 0 Å². The van der Waals surface area contributed by atoms with Crippen LogP contribution in [0.15, 0.2) is 52.9 Å². The number of benzene rings is 2. The van der Waals surface area contributed by atoms with Crippen molar-refractivity contribution in [1.29, 1.82) is 0 Å². The van der Waals surface area contributed by atoms with Gasteiger partial charge in [0.25, 0.3) is 5.91 Å². The van der Waals surface area contributed by atoms with Crippen molar-refractivity contribution in [2.45, 2.75) is 57.9 Å². The van der Waals surface area contributed by atoms with Crippen LogP contribution in [0.3, 0.4) is 0 Å². The molecular weight excluding hydrogens is 446 g/mol. The van der Waals surface area contributed by atoms with Gasteiger partial charge >= 0.3 is 0 Å². The average Bonchev–Trinajstić information content (AvgIpc) is 3.61. The van der Waals surface area contributed by atoms with E-state index in [9.17, 15) is 4.79 Å². The van der Waals surface area contributed by atoms with Gasteiger partial charge in [-0.05, 0) is 100 Å². The van der Waals surface area contributed by atoms with Crippen LogP contribution in [0.5, 0.6) is 0 Å². The molecule has 0 radical (unpaired) electrons. The highest BCUT2D eigenvalue weighted by Gasteiger charge is 2.29. The molecule has 1 amide bonds. The van der Waals surface area contributed by atoms with Crippen LogP contribution >= 0.6 is 0 Å². The highest BCUT2D eigenvalue weighted by atomic mass is 16.3. The minimum Gasteiger partial charge on any atom is -0.461 e. The molecule has 6 rings (SSSR count). The van der Waals surface area contributed by atoms with Crippen molar-refractivity contribution in [2.75, 3.05) is 30.3 Å². The summed E-state index contributed by atoms with van der Waals surface area (Å²) in [5, 5.41) is 6.72. The minimum atomic E-state index is -0.0503. The molecule has 1 unspecified atom stereocenters. The largest absolute Gasteiger partial charge is 0.461 e. The van der Waals surface area contributed by atoms with E-state index in [-0.39, 0.29) is 11.9 Å². The van der Waals surface area contributed by atoms with Crippen LogP contribution in [-0.2, 0) is 24.1 Å². The fourth-order valence-electron chi connectivity index (χ4n) is 6.01. The van der Waals surface area contributed by atoms with Crippen LogP contribution in [0.1, 0.15) is 72.4 Å². The lowest BCUT2D eigenvalue weighted by molar-refractivity contribution is -0.110. The molecule has 1 fully saturated rings.